The van der Waals surface area contributed by atoms with E-state index in [9.17, 15) is 10.1 Å². The molecule has 3 fully saturated rings. The molecule has 2 aromatic carbocycles. The number of amides is 1. The maximum Gasteiger partial charge on any atom is 0.410 e. The standard InChI is InChI=1S/C34H41FN8O4/c1-34(2,3)47-33(44)43-11-10-30(28(35)19-43)46-29-9-4-24(16-25(29)17-36)31-37-22-38-32(40-31)39-26-5-7-27(8-6-26)42-14-12-41(13-15-42)18-23-20-45-21-23/h4-9,16,22-23,28,30H,10-15,18-21H2,1-3H3,(H,37,38,39,40)/t28-,30+/m1/s1. The molecule has 12 nitrogen and oxygen atoms in total. The van der Waals surface area contributed by atoms with Gasteiger partial charge in [0.25, 0.3) is 0 Å². The first-order valence-electron chi connectivity index (χ1n) is 16.1. The number of nitriles is 1. The third-order valence-electron chi connectivity index (χ3n) is 8.43. The average molecular weight is 645 g/mol. The molecule has 0 saturated carbocycles. The molecule has 0 spiro atoms. The number of benzene rings is 2. The van der Waals surface area contributed by atoms with Crippen molar-refractivity contribution in [1.82, 2.24) is 24.8 Å². The lowest BCUT2D eigenvalue weighted by atomic mass is 10.1. The summed E-state index contributed by atoms with van der Waals surface area (Å²) in [6.07, 6.45) is -1.11. The normalized spacial score (nSPS) is 20.7. The quantitative estimate of drug-likeness (QED) is 0.368. The lowest BCUT2D eigenvalue weighted by Gasteiger charge is -2.39. The van der Waals surface area contributed by atoms with Gasteiger partial charge in [-0.2, -0.15) is 10.2 Å². The van der Waals surface area contributed by atoms with Crippen LogP contribution < -0.4 is 15.0 Å². The van der Waals surface area contributed by atoms with E-state index >= 15 is 4.39 Å². The fraction of sp³-hybridized carbons (Fsp3) is 0.500. The van der Waals surface area contributed by atoms with Gasteiger partial charge >= 0.3 is 6.09 Å². The van der Waals surface area contributed by atoms with Crippen LogP contribution in [-0.4, -0.2) is 108 Å². The number of alkyl halides is 1. The molecule has 3 saturated heterocycles. The fourth-order valence-electron chi connectivity index (χ4n) is 5.85. The second-order valence-electron chi connectivity index (χ2n) is 13.2. The topological polar surface area (TPSA) is 129 Å². The molecule has 4 heterocycles. The van der Waals surface area contributed by atoms with Crippen LogP contribution in [0.15, 0.2) is 48.8 Å². The van der Waals surface area contributed by atoms with Crippen molar-refractivity contribution in [2.24, 2.45) is 5.92 Å². The fourth-order valence-corrected chi connectivity index (χ4v) is 5.85. The Bertz CT molecular complexity index is 1580. The molecular formula is C34H41FN8O4. The minimum absolute atomic E-state index is 0.142. The third-order valence-corrected chi connectivity index (χ3v) is 8.43. The molecule has 248 valence electrons. The Kier molecular flexibility index (Phi) is 9.70. The van der Waals surface area contributed by atoms with Gasteiger partial charge in [0, 0.05) is 68.5 Å². The van der Waals surface area contributed by atoms with E-state index in [0.717, 1.165) is 51.6 Å². The first kappa shape index (κ1) is 32.4. The van der Waals surface area contributed by atoms with Crippen LogP contribution >= 0.6 is 0 Å². The van der Waals surface area contributed by atoms with Crippen LogP contribution in [0.2, 0.25) is 0 Å². The van der Waals surface area contributed by atoms with E-state index in [-0.39, 0.29) is 30.8 Å². The average Bonchev–Trinajstić information content (AvgIpc) is 3.04. The van der Waals surface area contributed by atoms with Gasteiger partial charge in [-0.25, -0.2) is 19.2 Å². The highest BCUT2D eigenvalue weighted by molar-refractivity contribution is 5.68. The first-order chi connectivity index (χ1) is 22.6. The first-order valence-corrected chi connectivity index (χ1v) is 16.1. The van der Waals surface area contributed by atoms with Crippen LogP contribution in [0, 0.1) is 17.2 Å². The molecule has 0 bridgehead atoms. The number of nitrogens with one attached hydrogen (secondary N) is 1. The number of aromatic nitrogens is 3. The van der Waals surface area contributed by atoms with Crippen molar-refractivity contribution < 1.29 is 23.4 Å². The Labute approximate surface area is 274 Å². The maximum absolute atomic E-state index is 15.1. The summed E-state index contributed by atoms with van der Waals surface area (Å²) >= 11 is 0. The summed E-state index contributed by atoms with van der Waals surface area (Å²) in [7, 11) is 0. The molecular weight excluding hydrogens is 603 g/mol. The molecule has 0 aliphatic carbocycles. The summed E-state index contributed by atoms with van der Waals surface area (Å²) in [4.78, 5) is 31.8. The molecule has 1 amide bonds. The van der Waals surface area contributed by atoms with Gasteiger partial charge in [-0.1, -0.05) is 0 Å². The zero-order valence-corrected chi connectivity index (χ0v) is 27.1. The van der Waals surface area contributed by atoms with Gasteiger partial charge in [0.2, 0.25) is 5.95 Å². The van der Waals surface area contributed by atoms with Gasteiger partial charge in [-0.05, 0) is 63.2 Å². The van der Waals surface area contributed by atoms with Gasteiger partial charge in [-0.15, -0.1) is 0 Å². The van der Waals surface area contributed by atoms with Crippen LogP contribution in [0.1, 0.15) is 32.8 Å². The molecule has 13 heteroatoms. The number of rotatable bonds is 8. The van der Waals surface area contributed by atoms with Gasteiger partial charge < -0.3 is 29.3 Å². The van der Waals surface area contributed by atoms with Crippen molar-refractivity contribution in [1.29, 1.82) is 5.26 Å². The number of carbonyl (C=O) groups is 1. The minimum Gasteiger partial charge on any atom is -0.486 e. The highest BCUT2D eigenvalue weighted by Crippen LogP contribution is 2.29. The molecule has 0 unspecified atom stereocenters. The maximum atomic E-state index is 15.1. The summed E-state index contributed by atoms with van der Waals surface area (Å²) < 4.78 is 31.7. The van der Waals surface area contributed by atoms with E-state index in [1.165, 1.54) is 16.9 Å². The number of hydrogen-bond donors (Lipinski definition) is 1. The summed E-state index contributed by atoms with van der Waals surface area (Å²) in [6, 6.07) is 15.3. The van der Waals surface area contributed by atoms with Gasteiger partial charge in [-0.3, -0.25) is 4.90 Å². The van der Waals surface area contributed by atoms with Crippen molar-refractivity contribution in [3.8, 4) is 23.2 Å². The monoisotopic (exact) mass is 644 g/mol. The molecule has 1 N–H and O–H groups in total. The summed E-state index contributed by atoms with van der Waals surface area (Å²) in [6.45, 7) is 12.4. The van der Waals surface area contributed by atoms with E-state index in [4.69, 9.17) is 14.2 Å². The van der Waals surface area contributed by atoms with E-state index in [1.807, 2.05) is 12.1 Å². The lowest BCUT2D eigenvalue weighted by molar-refractivity contribution is -0.0468. The number of halogens is 1. The van der Waals surface area contributed by atoms with Crippen LogP contribution in [-0.2, 0) is 9.47 Å². The number of hydrogen-bond acceptors (Lipinski definition) is 11. The predicted molar refractivity (Wildman–Crippen MR) is 174 cm³/mol. The van der Waals surface area contributed by atoms with Crippen molar-refractivity contribution in [2.75, 3.05) is 69.2 Å². The molecule has 0 radical (unpaired) electrons. The minimum atomic E-state index is -1.43. The summed E-state index contributed by atoms with van der Waals surface area (Å²) in [5, 5.41) is 13.1. The van der Waals surface area contributed by atoms with Crippen molar-refractivity contribution in [3.63, 3.8) is 0 Å². The Morgan fingerprint density at radius 3 is 2.51 bits per heavy atom. The van der Waals surface area contributed by atoms with Gasteiger partial charge in [0.1, 0.15) is 29.9 Å². The van der Waals surface area contributed by atoms with Crippen molar-refractivity contribution >= 4 is 23.4 Å². The van der Waals surface area contributed by atoms with E-state index < -0.39 is 24.0 Å². The Balaban J connectivity index is 1.04. The molecule has 47 heavy (non-hydrogen) atoms. The Morgan fingerprint density at radius 1 is 1.09 bits per heavy atom. The molecule has 6 rings (SSSR count). The number of ether oxygens (including phenoxy) is 3. The van der Waals surface area contributed by atoms with Crippen LogP contribution in [0.4, 0.5) is 26.5 Å². The lowest BCUT2D eigenvalue weighted by Crippen LogP contribution is -2.50. The molecule has 2 atom stereocenters. The molecule has 3 aliphatic heterocycles. The summed E-state index contributed by atoms with van der Waals surface area (Å²) in [5.74, 6) is 1.69. The Morgan fingerprint density at radius 2 is 1.85 bits per heavy atom. The zero-order valence-electron chi connectivity index (χ0n) is 27.1. The summed E-state index contributed by atoms with van der Waals surface area (Å²) in [5.41, 5.74) is 2.18. The zero-order chi connectivity index (χ0) is 33.0. The second-order valence-corrected chi connectivity index (χ2v) is 13.2. The Hall–Kier alpha value is -4.54. The van der Waals surface area contributed by atoms with Crippen LogP contribution in [0.25, 0.3) is 11.4 Å². The SMILES string of the molecule is CC(C)(C)OC(=O)N1CC[C@H](Oc2ccc(-c3ncnc(Nc4ccc(N5CCN(CC6COC6)CC5)cc4)n3)cc2C#N)[C@H](F)C1. The van der Waals surface area contributed by atoms with E-state index in [1.54, 1.807) is 39.0 Å². The third kappa shape index (κ3) is 8.25. The highest BCUT2D eigenvalue weighted by atomic mass is 19.1. The van der Waals surface area contributed by atoms with Gasteiger partial charge in [0.05, 0.1) is 25.3 Å². The number of carbonyl (C=O) groups excluding carboxylic acids is 1. The van der Waals surface area contributed by atoms with E-state index in [2.05, 4.69) is 48.3 Å². The molecule has 3 aliphatic rings. The van der Waals surface area contributed by atoms with Crippen LogP contribution in [0.3, 0.4) is 0 Å². The number of piperazine rings is 1. The largest absolute Gasteiger partial charge is 0.486 e. The highest BCUT2D eigenvalue weighted by Gasteiger charge is 2.35. The number of nitrogens with zero attached hydrogens (tertiary/aromatic N) is 7. The van der Waals surface area contributed by atoms with E-state index in [0.29, 0.717) is 23.3 Å². The predicted octanol–water partition coefficient (Wildman–Crippen LogP) is 4.65. The molecule has 1 aromatic heterocycles. The number of piperidine rings is 1. The smallest absolute Gasteiger partial charge is 0.410 e. The number of likely N-dealkylation sites (tertiary alicyclic amines) is 1. The molecule has 3 aromatic rings. The van der Waals surface area contributed by atoms with Crippen LogP contribution in [0.5, 0.6) is 5.75 Å². The van der Waals surface area contributed by atoms with Gasteiger partial charge in [0.15, 0.2) is 12.0 Å². The van der Waals surface area contributed by atoms with Crippen molar-refractivity contribution in [2.45, 2.75) is 45.1 Å². The number of anilines is 3. The van der Waals surface area contributed by atoms with Crippen molar-refractivity contribution in [3.05, 3.63) is 54.4 Å². The second kappa shape index (κ2) is 14.1.